The maximum Gasteiger partial charge on any atom is 0.191 e. The Bertz CT molecular complexity index is 846. The summed E-state index contributed by atoms with van der Waals surface area (Å²) in [6.45, 7) is 6.02. The van der Waals surface area contributed by atoms with Crippen LogP contribution in [0.15, 0.2) is 47.6 Å². The van der Waals surface area contributed by atoms with Gasteiger partial charge >= 0.3 is 0 Å². The van der Waals surface area contributed by atoms with E-state index in [-0.39, 0.29) is 11.4 Å². The van der Waals surface area contributed by atoms with E-state index in [4.69, 9.17) is 17.0 Å². The van der Waals surface area contributed by atoms with E-state index < -0.39 is 0 Å². The van der Waals surface area contributed by atoms with E-state index in [0.29, 0.717) is 17.3 Å². The van der Waals surface area contributed by atoms with Gasteiger partial charge in [-0.05, 0) is 62.8 Å². The summed E-state index contributed by atoms with van der Waals surface area (Å²) >= 11 is 5.34. The van der Waals surface area contributed by atoms with Gasteiger partial charge < -0.3 is 15.2 Å². The number of aromatic hydroxyl groups is 1. The number of hydrogen-bond acceptors (Lipinski definition) is 4. The van der Waals surface area contributed by atoms with Gasteiger partial charge in [-0.15, -0.1) is 0 Å². The number of benzene rings is 2. The molecule has 0 unspecified atom stereocenters. The van der Waals surface area contributed by atoms with E-state index in [1.165, 1.54) is 0 Å². The highest BCUT2D eigenvalue weighted by Crippen LogP contribution is 2.35. The van der Waals surface area contributed by atoms with Crippen molar-refractivity contribution in [2.45, 2.75) is 32.8 Å². The molecule has 0 bridgehead atoms. The monoisotopic (exact) mass is 355 g/mol. The largest absolute Gasteiger partial charge is 0.508 e. The molecule has 25 heavy (non-hydrogen) atoms. The number of hydrogen-bond donors (Lipinski definition) is 3. The smallest absolute Gasteiger partial charge is 0.191 e. The normalized spacial score (nSPS) is 16.7. The maximum atomic E-state index is 9.77. The zero-order chi connectivity index (χ0) is 18.0. The van der Waals surface area contributed by atoms with Gasteiger partial charge in [0, 0.05) is 17.7 Å². The van der Waals surface area contributed by atoms with Crippen LogP contribution in [0.1, 0.15) is 31.4 Å². The highest BCUT2D eigenvalue weighted by atomic mass is 32.1. The van der Waals surface area contributed by atoms with Crippen molar-refractivity contribution < 1.29 is 9.84 Å². The molecule has 0 saturated heterocycles. The molecule has 0 aromatic heterocycles. The molecule has 0 saturated carbocycles. The first-order valence-electron chi connectivity index (χ1n) is 8.06. The fourth-order valence-corrected chi connectivity index (χ4v) is 2.90. The van der Waals surface area contributed by atoms with Crippen LogP contribution in [0.25, 0.3) is 0 Å². The number of ether oxygens (including phenoxy) is 1. The van der Waals surface area contributed by atoms with Crippen LogP contribution < -0.4 is 15.5 Å². The molecule has 1 aliphatic heterocycles. The molecule has 6 heteroatoms. The number of phenols is 1. The minimum absolute atomic E-state index is 0.176. The molecule has 130 valence electrons. The molecule has 3 N–H and O–H groups in total. The number of thiocarbonyl (C=S) groups is 1. The van der Waals surface area contributed by atoms with Crippen molar-refractivity contribution in [2.75, 3.05) is 5.32 Å². The lowest BCUT2D eigenvalue weighted by molar-refractivity contribution is 0.111. The molecular formula is C19H21N3O2S. The number of hydrazone groups is 1. The van der Waals surface area contributed by atoms with Gasteiger partial charge in [0.1, 0.15) is 17.1 Å². The van der Waals surface area contributed by atoms with Crippen LogP contribution in [0.2, 0.25) is 0 Å². The fourth-order valence-electron chi connectivity index (χ4n) is 2.75. The summed E-state index contributed by atoms with van der Waals surface area (Å²) in [4.78, 5) is 0. The quantitative estimate of drug-likeness (QED) is 0.562. The van der Waals surface area contributed by atoms with Gasteiger partial charge in [-0.25, -0.2) is 0 Å². The summed E-state index contributed by atoms with van der Waals surface area (Å²) in [5.41, 5.74) is 6.11. The van der Waals surface area contributed by atoms with Gasteiger partial charge in [0.15, 0.2) is 5.11 Å². The Balaban J connectivity index is 1.80. The van der Waals surface area contributed by atoms with Gasteiger partial charge in [0.05, 0.1) is 5.71 Å². The van der Waals surface area contributed by atoms with E-state index >= 15 is 0 Å². The molecule has 3 rings (SSSR count). The van der Waals surface area contributed by atoms with Crippen LogP contribution in [0.5, 0.6) is 11.5 Å². The van der Waals surface area contributed by atoms with E-state index in [0.717, 1.165) is 22.5 Å². The van der Waals surface area contributed by atoms with E-state index in [2.05, 4.69) is 15.8 Å². The second-order valence-corrected chi connectivity index (χ2v) is 7.07. The summed E-state index contributed by atoms with van der Waals surface area (Å²) in [5, 5.41) is 17.8. The van der Waals surface area contributed by atoms with Gasteiger partial charge in [0.2, 0.25) is 0 Å². The third-order valence-corrected chi connectivity index (χ3v) is 4.13. The minimum atomic E-state index is -0.379. The summed E-state index contributed by atoms with van der Waals surface area (Å²) in [5.74, 6) is 0.878. The summed E-state index contributed by atoms with van der Waals surface area (Å²) in [6, 6.07) is 12.9. The number of fused-ring (bicyclic) bond motifs is 1. The van der Waals surface area contributed by atoms with E-state index in [1.54, 1.807) is 18.2 Å². The lowest BCUT2D eigenvalue weighted by Gasteiger charge is -2.33. The van der Waals surface area contributed by atoms with Crippen LogP contribution in [0.3, 0.4) is 0 Å². The molecule has 5 nitrogen and oxygen atoms in total. The molecule has 0 spiro atoms. The second kappa shape index (κ2) is 6.72. The Kier molecular flexibility index (Phi) is 4.63. The molecule has 2 aromatic carbocycles. The first-order valence-corrected chi connectivity index (χ1v) is 8.46. The SMILES string of the molecule is Cc1ccccc1NC(=S)N/N=C1/CC(C)(C)Oc2ccc(O)cc21. The van der Waals surface area contributed by atoms with Crippen LogP contribution in [-0.4, -0.2) is 21.5 Å². The third kappa shape index (κ3) is 4.09. The van der Waals surface area contributed by atoms with E-state index in [9.17, 15) is 5.11 Å². The van der Waals surface area contributed by atoms with Gasteiger partial charge in [-0.1, -0.05) is 18.2 Å². The second-order valence-electron chi connectivity index (χ2n) is 6.66. The Morgan fingerprint density at radius 2 is 2.00 bits per heavy atom. The van der Waals surface area contributed by atoms with Crippen LogP contribution >= 0.6 is 12.2 Å². The van der Waals surface area contributed by atoms with Gasteiger partial charge in [0.25, 0.3) is 0 Å². The average molecular weight is 355 g/mol. The Morgan fingerprint density at radius 3 is 2.76 bits per heavy atom. The molecule has 1 aliphatic rings. The lowest BCUT2D eigenvalue weighted by atomic mass is 9.92. The summed E-state index contributed by atoms with van der Waals surface area (Å²) in [7, 11) is 0. The Labute approximate surface area is 152 Å². The number of rotatable bonds is 2. The van der Waals surface area contributed by atoms with Gasteiger partial charge in [-0.2, -0.15) is 5.10 Å². The number of anilines is 1. The molecule has 0 atom stereocenters. The van der Waals surface area contributed by atoms with Crippen molar-refractivity contribution in [3.63, 3.8) is 0 Å². The molecule has 1 heterocycles. The third-order valence-electron chi connectivity index (χ3n) is 3.94. The highest BCUT2D eigenvalue weighted by Gasteiger charge is 2.31. The fraction of sp³-hybridized carbons (Fsp3) is 0.263. The predicted octanol–water partition coefficient (Wildman–Crippen LogP) is 3.95. The van der Waals surface area contributed by atoms with Crippen LogP contribution in [0.4, 0.5) is 5.69 Å². The number of nitrogens with one attached hydrogen (secondary N) is 2. The Hall–Kier alpha value is -2.60. The molecular weight excluding hydrogens is 334 g/mol. The maximum absolute atomic E-state index is 9.77. The molecule has 0 radical (unpaired) electrons. The number of aryl methyl sites for hydroxylation is 1. The predicted molar refractivity (Wildman–Crippen MR) is 105 cm³/mol. The van der Waals surface area contributed by atoms with Crippen molar-refractivity contribution in [3.8, 4) is 11.5 Å². The zero-order valence-electron chi connectivity index (χ0n) is 14.5. The number of phenolic OH excluding ortho intramolecular Hbond substituents is 1. The number of nitrogens with zero attached hydrogens (tertiary/aromatic N) is 1. The van der Waals surface area contributed by atoms with Gasteiger partial charge in [-0.3, -0.25) is 5.43 Å². The highest BCUT2D eigenvalue weighted by molar-refractivity contribution is 7.80. The molecule has 0 amide bonds. The van der Waals surface area contributed by atoms with Crippen LogP contribution in [0, 0.1) is 6.92 Å². The van der Waals surface area contributed by atoms with Crippen molar-refractivity contribution in [1.82, 2.24) is 5.43 Å². The van der Waals surface area contributed by atoms with Crippen molar-refractivity contribution >= 4 is 28.7 Å². The average Bonchev–Trinajstić information content (AvgIpc) is 2.55. The van der Waals surface area contributed by atoms with E-state index in [1.807, 2.05) is 45.0 Å². The topological polar surface area (TPSA) is 65.9 Å². The zero-order valence-corrected chi connectivity index (χ0v) is 15.3. The number of para-hydroxylation sites is 1. The summed E-state index contributed by atoms with van der Waals surface area (Å²) in [6.07, 6.45) is 0.601. The van der Waals surface area contributed by atoms with Crippen molar-refractivity contribution in [1.29, 1.82) is 0 Å². The molecule has 2 aromatic rings. The molecule has 0 aliphatic carbocycles. The lowest BCUT2D eigenvalue weighted by Crippen LogP contribution is -2.37. The van der Waals surface area contributed by atoms with Crippen LogP contribution in [-0.2, 0) is 0 Å². The molecule has 0 fully saturated rings. The first kappa shape index (κ1) is 17.2. The van der Waals surface area contributed by atoms with Crippen molar-refractivity contribution in [3.05, 3.63) is 53.6 Å². The Morgan fingerprint density at radius 1 is 1.24 bits per heavy atom. The first-order chi connectivity index (χ1) is 11.8. The standard InChI is InChI=1S/C19H21N3O2S/c1-12-6-4-5-7-15(12)20-18(25)22-21-16-11-19(2,3)24-17-9-8-13(23)10-14(16)17/h4-10,23H,11H2,1-3H3,(H2,20,22,25)/b21-16-. The minimum Gasteiger partial charge on any atom is -0.508 e. The van der Waals surface area contributed by atoms with Crippen molar-refractivity contribution in [2.24, 2.45) is 5.10 Å². The summed E-state index contributed by atoms with van der Waals surface area (Å²) < 4.78 is 5.95.